The van der Waals surface area contributed by atoms with E-state index in [-0.39, 0.29) is 11.8 Å². The maximum absolute atomic E-state index is 12.1. The molecule has 1 aliphatic heterocycles. The van der Waals surface area contributed by atoms with Crippen molar-refractivity contribution in [2.24, 2.45) is 23.5 Å². The molecule has 3 nitrogen and oxygen atoms in total. The zero-order chi connectivity index (χ0) is 12.3. The van der Waals surface area contributed by atoms with Gasteiger partial charge < -0.3 is 10.6 Å². The summed E-state index contributed by atoms with van der Waals surface area (Å²) in [5.74, 6) is 1.13. The van der Waals surface area contributed by atoms with Crippen LogP contribution in [-0.4, -0.2) is 28.9 Å². The molecule has 1 aliphatic rings. The molecule has 16 heavy (non-hydrogen) atoms. The molecule has 1 heterocycles. The average Bonchev–Trinajstić information content (AvgIpc) is 2.66. The van der Waals surface area contributed by atoms with E-state index in [0.717, 1.165) is 19.5 Å². The fraction of sp³-hybridized carbons (Fsp3) is 0.833. The van der Waals surface area contributed by atoms with Crippen molar-refractivity contribution in [2.75, 3.05) is 13.1 Å². The number of amides is 1. The fourth-order valence-corrected chi connectivity index (χ4v) is 2.52. The summed E-state index contributed by atoms with van der Waals surface area (Å²) < 4.78 is 0. The summed E-state index contributed by atoms with van der Waals surface area (Å²) in [6.07, 6.45) is 1.81. The van der Waals surface area contributed by atoms with Gasteiger partial charge in [0.1, 0.15) is 0 Å². The Balaban J connectivity index is 2.59. The van der Waals surface area contributed by atoms with Crippen LogP contribution >= 0.6 is 12.2 Å². The van der Waals surface area contributed by atoms with Crippen molar-refractivity contribution in [3.05, 3.63) is 0 Å². The molecular formula is C12H22N2OS. The van der Waals surface area contributed by atoms with Crippen LogP contribution in [-0.2, 0) is 4.79 Å². The van der Waals surface area contributed by atoms with E-state index in [4.69, 9.17) is 18.0 Å². The molecular weight excluding hydrogens is 220 g/mol. The molecule has 2 unspecified atom stereocenters. The maximum Gasteiger partial charge on any atom is 0.232 e. The van der Waals surface area contributed by atoms with Gasteiger partial charge in [-0.2, -0.15) is 0 Å². The van der Waals surface area contributed by atoms with Crippen LogP contribution in [0.25, 0.3) is 0 Å². The van der Waals surface area contributed by atoms with Gasteiger partial charge in [-0.25, -0.2) is 0 Å². The van der Waals surface area contributed by atoms with Crippen LogP contribution in [0.5, 0.6) is 0 Å². The molecule has 0 aromatic heterocycles. The molecule has 1 amide bonds. The smallest absolute Gasteiger partial charge is 0.232 e. The van der Waals surface area contributed by atoms with Gasteiger partial charge in [0, 0.05) is 13.1 Å². The Hall–Kier alpha value is -0.640. The lowest BCUT2D eigenvalue weighted by molar-refractivity contribution is -0.132. The van der Waals surface area contributed by atoms with E-state index in [0.29, 0.717) is 23.2 Å². The summed E-state index contributed by atoms with van der Waals surface area (Å²) >= 11 is 4.94. The molecule has 0 aromatic rings. The third-order valence-corrected chi connectivity index (χ3v) is 3.81. The molecule has 92 valence electrons. The second-order valence-corrected chi connectivity index (χ2v) is 5.41. The molecule has 1 rings (SSSR count). The molecule has 1 saturated heterocycles. The highest BCUT2D eigenvalue weighted by atomic mass is 32.1. The van der Waals surface area contributed by atoms with Gasteiger partial charge in [-0.15, -0.1) is 0 Å². The standard InChI is InChI=1S/C12H22N2OS/c1-4-10(11(13)16)12(15)14-6-5-9(7-14)8(2)3/h8-10H,4-7H2,1-3H3,(H2,13,16). The SMILES string of the molecule is CCC(C(=O)N1CCC(C(C)C)C1)C(N)=S. The quantitative estimate of drug-likeness (QED) is 0.765. The molecule has 2 N–H and O–H groups in total. The fourth-order valence-electron chi connectivity index (χ4n) is 2.25. The summed E-state index contributed by atoms with van der Waals surface area (Å²) in [6.45, 7) is 8.11. The van der Waals surface area contributed by atoms with Crippen molar-refractivity contribution in [2.45, 2.75) is 33.6 Å². The number of rotatable bonds is 4. The second kappa shape index (κ2) is 5.62. The van der Waals surface area contributed by atoms with Crippen molar-refractivity contribution in [3.63, 3.8) is 0 Å². The van der Waals surface area contributed by atoms with Gasteiger partial charge in [-0.05, 0) is 24.7 Å². The summed E-state index contributed by atoms with van der Waals surface area (Å²) in [5.41, 5.74) is 5.59. The minimum atomic E-state index is -0.263. The first kappa shape index (κ1) is 13.4. The van der Waals surface area contributed by atoms with Gasteiger partial charge in [0.05, 0.1) is 10.9 Å². The third-order valence-electron chi connectivity index (χ3n) is 3.53. The summed E-state index contributed by atoms with van der Waals surface area (Å²) in [5, 5.41) is 0. The van der Waals surface area contributed by atoms with Crippen molar-refractivity contribution >= 4 is 23.1 Å². The monoisotopic (exact) mass is 242 g/mol. The predicted molar refractivity (Wildman–Crippen MR) is 70.1 cm³/mol. The van der Waals surface area contributed by atoms with Crippen LogP contribution in [0.1, 0.15) is 33.6 Å². The predicted octanol–water partition coefficient (Wildman–Crippen LogP) is 1.80. The lowest BCUT2D eigenvalue weighted by Crippen LogP contribution is -2.40. The van der Waals surface area contributed by atoms with Gasteiger partial charge in [-0.3, -0.25) is 4.79 Å². The van der Waals surface area contributed by atoms with Crippen LogP contribution in [0.15, 0.2) is 0 Å². The number of carbonyl (C=O) groups is 1. The number of nitrogens with two attached hydrogens (primary N) is 1. The Bertz CT molecular complexity index is 278. The molecule has 0 spiro atoms. The third kappa shape index (κ3) is 2.94. The van der Waals surface area contributed by atoms with Crippen LogP contribution in [0.2, 0.25) is 0 Å². The Kier molecular flexibility index (Phi) is 4.71. The first-order valence-electron chi connectivity index (χ1n) is 6.05. The van der Waals surface area contributed by atoms with E-state index in [2.05, 4.69) is 13.8 Å². The highest BCUT2D eigenvalue weighted by molar-refractivity contribution is 7.80. The highest BCUT2D eigenvalue weighted by Crippen LogP contribution is 2.25. The number of carbonyl (C=O) groups excluding carboxylic acids is 1. The molecule has 0 radical (unpaired) electrons. The summed E-state index contributed by atoms with van der Waals surface area (Å²) in [4.78, 5) is 14.4. The topological polar surface area (TPSA) is 46.3 Å². The van der Waals surface area contributed by atoms with Gasteiger partial charge in [0.15, 0.2) is 0 Å². The number of thiocarbonyl (C=S) groups is 1. The molecule has 0 bridgehead atoms. The molecule has 1 fully saturated rings. The molecule has 4 heteroatoms. The zero-order valence-corrected chi connectivity index (χ0v) is 11.2. The largest absolute Gasteiger partial charge is 0.393 e. The van der Waals surface area contributed by atoms with Gasteiger partial charge in [0.2, 0.25) is 5.91 Å². The molecule has 2 atom stereocenters. The number of likely N-dealkylation sites (tertiary alicyclic amines) is 1. The van der Waals surface area contributed by atoms with Crippen molar-refractivity contribution in [1.82, 2.24) is 4.90 Å². The molecule has 0 saturated carbocycles. The number of hydrogen-bond acceptors (Lipinski definition) is 2. The van der Waals surface area contributed by atoms with E-state index >= 15 is 0 Å². The Morgan fingerprint density at radius 1 is 1.56 bits per heavy atom. The molecule has 0 aliphatic carbocycles. The normalized spacial score (nSPS) is 22.5. The lowest BCUT2D eigenvalue weighted by atomic mass is 9.95. The maximum atomic E-state index is 12.1. The van der Waals surface area contributed by atoms with E-state index in [1.54, 1.807) is 0 Å². The summed E-state index contributed by atoms with van der Waals surface area (Å²) in [6, 6.07) is 0. The average molecular weight is 242 g/mol. The van der Waals surface area contributed by atoms with Gasteiger partial charge in [0.25, 0.3) is 0 Å². The van der Waals surface area contributed by atoms with E-state index in [9.17, 15) is 4.79 Å². The number of nitrogens with zero attached hydrogens (tertiary/aromatic N) is 1. The lowest BCUT2D eigenvalue weighted by Gasteiger charge is -2.22. The van der Waals surface area contributed by atoms with Crippen molar-refractivity contribution in [3.8, 4) is 0 Å². The minimum absolute atomic E-state index is 0.123. The Morgan fingerprint density at radius 3 is 2.56 bits per heavy atom. The van der Waals surface area contributed by atoms with Crippen LogP contribution in [0.4, 0.5) is 0 Å². The summed E-state index contributed by atoms with van der Waals surface area (Å²) in [7, 11) is 0. The Labute approximate surface area is 103 Å². The van der Waals surface area contributed by atoms with Crippen LogP contribution < -0.4 is 5.73 Å². The van der Waals surface area contributed by atoms with Crippen LogP contribution in [0.3, 0.4) is 0 Å². The van der Waals surface area contributed by atoms with Crippen LogP contribution in [0, 0.1) is 17.8 Å². The molecule has 0 aromatic carbocycles. The van der Waals surface area contributed by atoms with E-state index < -0.39 is 0 Å². The first-order chi connectivity index (χ1) is 7.47. The van der Waals surface area contributed by atoms with Crippen molar-refractivity contribution in [1.29, 1.82) is 0 Å². The highest BCUT2D eigenvalue weighted by Gasteiger charge is 2.32. The van der Waals surface area contributed by atoms with E-state index in [1.807, 2.05) is 11.8 Å². The Morgan fingerprint density at radius 2 is 2.19 bits per heavy atom. The first-order valence-corrected chi connectivity index (χ1v) is 6.46. The van der Waals surface area contributed by atoms with Gasteiger partial charge >= 0.3 is 0 Å². The zero-order valence-electron chi connectivity index (χ0n) is 10.4. The van der Waals surface area contributed by atoms with E-state index in [1.165, 1.54) is 0 Å². The minimum Gasteiger partial charge on any atom is -0.393 e. The number of hydrogen-bond donors (Lipinski definition) is 1. The second-order valence-electron chi connectivity index (χ2n) is 4.94. The van der Waals surface area contributed by atoms with Crippen molar-refractivity contribution < 1.29 is 4.79 Å². The van der Waals surface area contributed by atoms with Gasteiger partial charge in [-0.1, -0.05) is 33.0 Å².